The fourth-order valence-corrected chi connectivity index (χ4v) is 3.77. The predicted octanol–water partition coefficient (Wildman–Crippen LogP) is 3.75. The Labute approximate surface area is 161 Å². The molecule has 0 N–H and O–H groups in total. The molecule has 7 heteroatoms. The van der Waals surface area contributed by atoms with E-state index in [-0.39, 0.29) is 12.3 Å². The van der Waals surface area contributed by atoms with Gasteiger partial charge < -0.3 is 4.57 Å². The van der Waals surface area contributed by atoms with E-state index in [2.05, 4.69) is 32.1 Å². The molecular weight excluding hydrogens is 358 g/mol. The first-order valence-electron chi connectivity index (χ1n) is 8.67. The van der Waals surface area contributed by atoms with Crippen molar-refractivity contribution in [1.82, 2.24) is 24.8 Å². The van der Waals surface area contributed by atoms with Crippen molar-refractivity contribution in [3.05, 3.63) is 76.4 Å². The molecule has 0 aliphatic carbocycles. The van der Waals surface area contributed by atoms with E-state index in [1.807, 2.05) is 55.6 Å². The second-order valence-corrected chi connectivity index (χ2v) is 7.35. The minimum absolute atomic E-state index is 0.0162. The van der Waals surface area contributed by atoms with Crippen molar-refractivity contribution in [3.63, 3.8) is 0 Å². The standard InChI is InChI=1S/C20H19N5OS/c1-14-11-17(15(2)24(14)12-16-7-4-3-5-8-16)18(26)13-25-22-20(21-23-25)19-9-6-10-27-19/h3-11H,12-13H2,1-2H3. The monoisotopic (exact) mass is 377 g/mol. The number of ketones is 1. The average molecular weight is 377 g/mol. The fourth-order valence-electron chi connectivity index (χ4n) is 3.12. The summed E-state index contributed by atoms with van der Waals surface area (Å²) in [5.41, 5.74) is 3.93. The molecular formula is C20H19N5OS. The highest BCUT2D eigenvalue weighted by molar-refractivity contribution is 7.13. The number of aromatic nitrogens is 5. The van der Waals surface area contributed by atoms with Crippen LogP contribution in [0.15, 0.2) is 53.9 Å². The van der Waals surface area contributed by atoms with Gasteiger partial charge in [0.2, 0.25) is 5.82 Å². The number of benzene rings is 1. The van der Waals surface area contributed by atoms with Gasteiger partial charge in [0.15, 0.2) is 5.78 Å². The van der Waals surface area contributed by atoms with Crippen LogP contribution in [-0.4, -0.2) is 30.6 Å². The van der Waals surface area contributed by atoms with Gasteiger partial charge in [-0.3, -0.25) is 4.79 Å². The summed E-state index contributed by atoms with van der Waals surface area (Å²) in [6.45, 7) is 4.83. The Morgan fingerprint density at radius 3 is 2.67 bits per heavy atom. The molecule has 0 aliphatic heterocycles. The lowest BCUT2D eigenvalue weighted by Crippen LogP contribution is -2.14. The Hall–Kier alpha value is -3.06. The van der Waals surface area contributed by atoms with Crippen LogP contribution in [0.3, 0.4) is 0 Å². The summed E-state index contributed by atoms with van der Waals surface area (Å²) in [6, 6.07) is 16.0. The second kappa shape index (κ2) is 7.28. The van der Waals surface area contributed by atoms with Crippen LogP contribution in [0.5, 0.6) is 0 Å². The number of Topliss-reactive ketones (excluding diaryl/α,β-unsaturated/α-hetero) is 1. The van der Waals surface area contributed by atoms with Crippen molar-refractivity contribution in [2.45, 2.75) is 26.9 Å². The van der Waals surface area contributed by atoms with Gasteiger partial charge in [0.1, 0.15) is 6.54 Å². The normalized spacial score (nSPS) is 11.0. The molecule has 136 valence electrons. The molecule has 4 aromatic rings. The molecule has 3 aromatic heterocycles. The van der Waals surface area contributed by atoms with E-state index in [1.165, 1.54) is 10.4 Å². The van der Waals surface area contributed by atoms with Gasteiger partial charge >= 0.3 is 0 Å². The number of aryl methyl sites for hydroxylation is 1. The van der Waals surface area contributed by atoms with E-state index in [4.69, 9.17) is 0 Å². The first-order valence-corrected chi connectivity index (χ1v) is 9.55. The summed E-state index contributed by atoms with van der Waals surface area (Å²) in [7, 11) is 0. The van der Waals surface area contributed by atoms with Crippen molar-refractivity contribution >= 4 is 17.1 Å². The van der Waals surface area contributed by atoms with Gasteiger partial charge in [0.05, 0.1) is 4.88 Å². The van der Waals surface area contributed by atoms with Crippen LogP contribution >= 0.6 is 11.3 Å². The Balaban J connectivity index is 1.53. The molecule has 3 heterocycles. The Morgan fingerprint density at radius 1 is 1.11 bits per heavy atom. The Kier molecular flexibility index (Phi) is 4.68. The number of nitrogens with zero attached hydrogens (tertiary/aromatic N) is 5. The largest absolute Gasteiger partial charge is 0.344 e. The molecule has 6 nitrogen and oxygen atoms in total. The van der Waals surface area contributed by atoms with Gasteiger partial charge in [0, 0.05) is 23.5 Å². The molecule has 4 rings (SSSR count). The smallest absolute Gasteiger partial charge is 0.214 e. The highest BCUT2D eigenvalue weighted by atomic mass is 32.1. The van der Waals surface area contributed by atoms with Crippen molar-refractivity contribution in [2.75, 3.05) is 0 Å². The van der Waals surface area contributed by atoms with E-state index in [9.17, 15) is 4.79 Å². The summed E-state index contributed by atoms with van der Waals surface area (Å²) in [5, 5.41) is 14.3. The quantitative estimate of drug-likeness (QED) is 0.480. The molecule has 1 aromatic carbocycles. The maximum atomic E-state index is 12.8. The molecule has 0 unspecified atom stereocenters. The fraction of sp³-hybridized carbons (Fsp3) is 0.200. The van der Waals surface area contributed by atoms with Crippen LogP contribution in [0.4, 0.5) is 0 Å². The minimum Gasteiger partial charge on any atom is -0.344 e. The highest BCUT2D eigenvalue weighted by Gasteiger charge is 2.18. The van der Waals surface area contributed by atoms with E-state index in [0.29, 0.717) is 11.4 Å². The van der Waals surface area contributed by atoms with Crippen LogP contribution in [0.1, 0.15) is 27.3 Å². The van der Waals surface area contributed by atoms with E-state index in [0.717, 1.165) is 22.8 Å². The highest BCUT2D eigenvalue weighted by Crippen LogP contribution is 2.20. The van der Waals surface area contributed by atoms with Crippen LogP contribution < -0.4 is 0 Å². The van der Waals surface area contributed by atoms with E-state index < -0.39 is 0 Å². The zero-order valence-corrected chi connectivity index (χ0v) is 16.0. The van der Waals surface area contributed by atoms with Gasteiger partial charge in [-0.15, -0.1) is 21.5 Å². The van der Waals surface area contributed by atoms with Crippen molar-refractivity contribution in [1.29, 1.82) is 0 Å². The van der Waals surface area contributed by atoms with Crippen LogP contribution in [-0.2, 0) is 13.1 Å². The molecule has 0 bridgehead atoms. The van der Waals surface area contributed by atoms with Crippen LogP contribution in [0.2, 0.25) is 0 Å². The number of hydrogen-bond donors (Lipinski definition) is 0. The average Bonchev–Trinajstić information content (AvgIpc) is 3.40. The lowest BCUT2D eigenvalue weighted by Gasteiger charge is -2.10. The van der Waals surface area contributed by atoms with Gasteiger partial charge in [-0.2, -0.15) is 4.80 Å². The van der Waals surface area contributed by atoms with Gasteiger partial charge in [0.25, 0.3) is 0 Å². The molecule has 27 heavy (non-hydrogen) atoms. The van der Waals surface area contributed by atoms with Gasteiger partial charge in [-0.1, -0.05) is 36.4 Å². The zero-order valence-electron chi connectivity index (χ0n) is 15.2. The summed E-state index contributed by atoms with van der Waals surface area (Å²) >= 11 is 1.55. The first kappa shape index (κ1) is 17.4. The molecule has 0 amide bonds. The molecule has 0 spiro atoms. The maximum absolute atomic E-state index is 12.8. The summed E-state index contributed by atoms with van der Waals surface area (Å²) in [4.78, 5) is 15.1. The number of rotatable bonds is 6. The predicted molar refractivity (Wildman–Crippen MR) is 105 cm³/mol. The van der Waals surface area contributed by atoms with Crippen LogP contribution in [0, 0.1) is 13.8 Å². The molecule has 0 radical (unpaired) electrons. The molecule has 0 saturated carbocycles. The third-order valence-electron chi connectivity index (χ3n) is 4.54. The van der Waals surface area contributed by atoms with Crippen molar-refractivity contribution in [2.24, 2.45) is 0 Å². The van der Waals surface area contributed by atoms with Gasteiger partial charge in [-0.25, -0.2) is 0 Å². The first-order chi connectivity index (χ1) is 13.1. The lowest BCUT2D eigenvalue weighted by molar-refractivity contribution is 0.0960. The molecule has 0 atom stereocenters. The number of tetrazole rings is 1. The second-order valence-electron chi connectivity index (χ2n) is 6.40. The SMILES string of the molecule is Cc1cc(C(=O)Cn2nnc(-c3cccs3)n2)c(C)n1Cc1ccccc1. The molecule has 0 fully saturated rings. The Morgan fingerprint density at radius 2 is 1.93 bits per heavy atom. The van der Waals surface area contributed by atoms with Crippen LogP contribution in [0.25, 0.3) is 10.7 Å². The number of carbonyl (C=O) groups is 1. The third-order valence-corrected chi connectivity index (χ3v) is 5.40. The van der Waals surface area contributed by atoms with Gasteiger partial charge in [-0.05, 0) is 42.1 Å². The third kappa shape index (κ3) is 3.59. The molecule has 0 saturated heterocycles. The maximum Gasteiger partial charge on any atom is 0.214 e. The number of thiophene rings is 1. The minimum atomic E-state index is -0.0162. The van der Waals surface area contributed by atoms with E-state index in [1.54, 1.807) is 11.3 Å². The lowest BCUT2D eigenvalue weighted by atomic mass is 10.1. The van der Waals surface area contributed by atoms with E-state index >= 15 is 0 Å². The zero-order chi connectivity index (χ0) is 18.8. The summed E-state index contributed by atoms with van der Waals surface area (Å²) in [5.74, 6) is 0.532. The van der Waals surface area contributed by atoms with Crippen molar-refractivity contribution in [3.8, 4) is 10.7 Å². The topological polar surface area (TPSA) is 65.6 Å². The number of hydrogen-bond acceptors (Lipinski definition) is 5. The summed E-state index contributed by atoms with van der Waals surface area (Å²) < 4.78 is 2.16. The molecule has 0 aliphatic rings. The van der Waals surface area contributed by atoms with Crippen molar-refractivity contribution < 1.29 is 4.79 Å². The number of carbonyl (C=O) groups excluding carboxylic acids is 1. The summed E-state index contributed by atoms with van der Waals surface area (Å²) in [6.07, 6.45) is 0. The Bertz CT molecular complexity index is 1060.